The second-order valence-electron chi connectivity index (χ2n) is 4.69. The van der Waals surface area contributed by atoms with Crippen LogP contribution in [0.1, 0.15) is 32.6 Å². The third-order valence-electron chi connectivity index (χ3n) is 3.61. The lowest BCUT2D eigenvalue weighted by atomic mass is 9.84. The van der Waals surface area contributed by atoms with Crippen LogP contribution in [-0.2, 0) is 14.2 Å². The van der Waals surface area contributed by atoms with Crippen molar-refractivity contribution in [1.29, 1.82) is 0 Å². The Morgan fingerprint density at radius 2 is 2.18 bits per heavy atom. The minimum atomic E-state index is -0.295. The number of ether oxygens (including phenoxy) is 3. The van der Waals surface area contributed by atoms with Crippen molar-refractivity contribution in [2.75, 3.05) is 26.4 Å². The van der Waals surface area contributed by atoms with Gasteiger partial charge in [-0.15, -0.1) is 0 Å². The normalized spacial score (nSPS) is 25.9. The fraction of sp³-hybridized carbons (Fsp3) is 0.846. The van der Waals surface area contributed by atoms with Crippen LogP contribution in [0, 0.1) is 0 Å². The van der Waals surface area contributed by atoms with Crippen molar-refractivity contribution in [2.45, 2.75) is 44.2 Å². The molecule has 2 rings (SSSR count). The smallest absolute Gasteiger partial charge is 0.112 e. The van der Waals surface area contributed by atoms with Gasteiger partial charge in [-0.05, 0) is 25.8 Å². The summed E-state index contributed by atoms with van der Waals surface area (Å²) < 4.78 is 17.1. The quantitative estimate of drug-likeness (QED) is 0.812. The van der Waals surface area contributed by atoms with E-state index < -0.39 is 0 Å². The summed E-state index contributed by atoms with van der Waals surface area (Å²) in [5.74, 6) is 0.909. The molecule has 2 aliphatic heterocycles. The first-order chi connectivity index (χ1) is 8.28. The molecule has 0 aromatic rings. The highest BCUT2D eigenvalue weighted by molar-refractivity contribution is 5.13. The van der Waals surface area contributed by atoms with E-state index in [0.29, 0.717) is 6.61 Å². The predicted octanol–water partition coefficient (Wildman–Crippen LogP) is 1.59. The lowest BCUT2D eigenvalue weighted by molar-refractivity contribution is -0.121. The first-order valence-electron chi connectivity index (χ1n) is 6.58. The van der Waals surface area contributed by atoms with Gasteiger partial charge < -0.3 is 19.9 Å². The summed E-state index contributed by atoms with van der Waals surface area (Å²) in [7, 11) is 0. The SMILES string of the molecule is CCOC1(C(N)C2=CCCCO2)CCOCC1. The van der Waals surface area contributed by atoms with E-state index >= 15 is 0 Å². The Morgan fingerprint density at radius 3 is 2.76 bits per heavy atom. The summed E-state index contributed by atoms with van der Waals surface area (Å²) in [6.07, 6.45) is 5.96. The van der Waals surface area contributed by atoms with Crippen LogP contribution in [-0.4, -0.2) is 38.1 Å². The van der Waals surface area contributed by atoms with Crippen LogP contribution in [0.4, 0.5) is 0 Å². The average Bonchev–Trinajstić information content (AvgIpc) is 2.40. The van der Waals surface area contributed by atoms with Gasteiger partial charge in [-0.3, -0.25) is 0 Å². The van der Waals surface area contributed by atoms with Gasteiger partial charge in [0.15, 0.2) is 0 Å². The van der Waals surface area contributed by atoms with Crippen LogP contribution in [0.2, 0.25) is 0 Å². The van der Waals surface area contributed by atoms with Crippen molar-refractivity contribution in [3.05, 3.63) is 11.8 Å². The maximum atomic E-state index is 6.37. The van der Waals surface area contributed by atoms with E-state index in [2.05, 4.69) is 6.08 Å². The zero-order valence-electron chi connectivity index (χ0n) is 10.6. The Balaban J connectivity index is 2.10. The molecular weight excluding hydrogens is 218 g/mol. The third-order valence-corrected chi connectivity index (χ3v) is 3.61. The number of nitrogens with two attached hydrogens (primary N) is 1. The molecule has 2 heterocycles. The summed E-state index contributed by atoms with van der Waals surface area (Å²) in [6, 6.07) is -0.161. The van der Waals surface area contributed by atoms with E-state index in [0.717, 1.165) is 51.3 Å². The van der Waals surface area contributed by atoms with E-state index in [9.17, 15) is 0 Å². The molecule has 0 saturated carbocycles. The molecule has 17 heavy (non-hydrogen) atoms. The van der Waals surface area contributed by atoms with Crippen LogP contribution in [0.15, 0.2) is 11.8 Å². The highest BCUT2D eigenvalue weighted by atomic mass is 16.5. The van der Waals surface area contributed by atoms with Crippen molar-refractivity contribution in [2.24, 2.45) is 5.73 Å². The van der Waals surface area contributed by atoms with Gasteiger partial charge >= 0.3 is 0 Å². The summed E-state index contributed by atoms with van der Waals surface area (Å²) in [4.78, 5) is 0. The summed E-state index contributed by atoms with van der Waals surface area (Å²) >= 11 is 0. The molecule has 2 N–H and O–H groups in total. The zero-order chi connectivity index (χ0) is 12.1. The molecule has 1 unspecified atom stereocenters. The Hall–Kier alpha value is -0.580. The van der Waals surface area contributed by atoms with Gasteiger partial charge in [-0.2, -0.15) is 0 Å². The first kappa shape index (κ1) is 12.9. The topological polar surface area (TPSA) is 53.7 Å². The third kappa shape index (κ3) is 2.81. The van der Waals surface area contributed by atoms with Crippen molar-refractivity contribution in [3.63, 3.8) is 0 Å². The number of allylic oxidation sites excluding steroid dienone is 1. The zero-order valence-corrected chi connectivity index (χ0v) is 10.6. The molecule has 0 radical (unpaired) electrons. The minimum absolute atomic E-state index is 0.161. The van der Waals surface area contributed by atoms with Gasteiger partial charge in [0, 0.05) is 32.7 Å². The molecule has 1 fully saturated rings. The van der Waals surface area contributed by atoms with Crippen LogP contribution in [0.5, 0.6) is 0 Å². The molecule has 4 nitrogen and oxygen atoms in total. The molecule has 0 aromatic carbocycles. The van der Waals surface area contributed by atoms with Gasteiger partial charge in [0.05, 0.1) is 18.2 Å². The highest BCUT2D eigenvalue weighted by Gasteiger charge is 2.42. The van der Waals surface area contributed by atoms with Crippen LogP contribution in [0.3, 0.4) is 0 Å². The largest absolute Gasteiger partial charge is 0.496 e. The second kappa shape index (κ2) is 5.85. The summed E-state index contributed by atoms with van der Waals surface area (Å²) in [5.41, 5.74) is 6.07. The molecule has 1 saturated heterocycles. The molecular formula is C13H23NO3. The Bertz CT molecular complexity index is 266. The van der Waals surface area contributed by atoms with E-state index in [-0.39, 0.29) is 11.6 Å². The lowest BCUT2D eigenvalue weighted by Crippen LogP contribution is -2.55. The molecule has 98 valence electrons. The second-order valence-corrected chi connectivity index (χ2v) is 4.69. The van der Waals surface area contributed by atoms with Gasteiger partial charge in [-0.25, -0.2) is 0 Å². The van der Waals surface area contributed by atoms with Gasteiger partial charge in [0.2, 0.25) is 0 Å². The molecule has 2 aliphatic rings. The van der Waals surface area contributed by atoms with Gasteiger partial charge in [0.1, 0.15) is 5.76 Å². The Labute approximate surface area is 103 Å². The van der Waals surface area contributed by atoms with Crippen molar-refractivity contribution >= 4 is 0 Å². The fourth-order valence-corrected chi connectivity index (χ4v) is 2.60. The van der Waals surface area contributed by atoms with Gasteiger partial charge in [-0.1, -0.05) is 0 Å². The summed E-state index contributed by atoms with van der Waals surface area (Å²) in [5, 5.41) is 0. The molecule has 0 aromatic heterocycles. The van der Waals surface area contributed by atoms with E-state index in [1.165, 1.54) is 0 Å². The average molecular weight is 241 g/mol. The van der Waals surface area contributed by atoms with Gasteiger partial charge in [0.25, 0.3) is 0 Å². The summed E-state index contributed by atoms with van der Waals surface area (Å²) in [6.45, 7) is 4.92. The number of hydrogen-bond donors (Lipinski definition) is 1. The van der Waals surface area contributed by atoms with E-state index in [1.807, 2.05) is 6.92 Å². The standard InChI is InChI=1S/C13H23NO3/c1-2-17-13(6-9-15-10-7-13)12(14)11-5-3-4-8-16-11/h5,12H,2-4,6-10,14H2,1H3. The number of hydrogen-bond acceptors (Lipinski definition) is 4. The van der Waals surface area contributed by atoms with E-state index in [1.54, 1.807) is 0 Å². The number of rotatable bonds is 4. The highest BCUT2D eigenvalue weighted by Crippen LogP contribution is 2.32. The van der Waals surface area contributed by atoms with Crippen LogP contribution in [0.25, 0.3) is 0 Å². The van der Waals surface area contributed by atoms with Crippen molar-refractivity contribution < 1.29 is 14.2 Å². The molecule has 4 heteroatoms. The minimum Gasteiger partial charge on any atom is -0.496 e. The Morgan fingerprint density at radius 1 is 1.41 bits per heavy atom. The maximum absolute atomic E-state index is 6.37. The van der Waals surface area contributed by atoms with Crippen molar-refractivity contribution in [1.82, 2.24) is 0 Å². The molecule has 0 amide bonds. The molecule has 1 atom stereocenters. The first-order valence-corrected chi connectivity index (χ1v) is 6.58. The monoisotopic (exact) mass is 241 g/mol. The Kier molecular flexibility index (Phi) is 4.42. The maximum Gasteiger partial charge on any atom is 0.112 e. The predicted molar refractivity (Wildman–Crippen MR) is 65.7 cm³/mol. The van der Waals surface area contributed by atoms with Crippen LogP contribution >= 0.6 is 0 Å². The molecule has 0 bridgehead atoms. The van der Waals surface area contributed by atoms with E-state index in [4.69, 9.17) is 19.9 Å². The lowest BCUT2D eigenvalue weighted by Gasteiger charge is -2.42. The fourth-order valence-electron chi connectivity index (χ4n) is 2.60. The van der Waals surface area contributed by atoms with Crippen molar-refractivity contribution in [3.8, 4) is 0 Å². The molecule has 0 spiro atoms. The molecule has 0 aliphatic carbocycles. The van der Waals surface area contributed by atoms with Crippen LogP contribution < -0.4 is 5.73 Å².